The zero-order valence-electron chi connectivity index (χ0n) is 23.6. The molecule has 0 aliphatic heterocycles. The summed E-state index contributed by atoms with van der Waals surface area (Å²) >= 11 is 0. The van der Waals surface area contributed by atoms with Gasteiger partial charge >= 0.3 is 0 Å². The molecule has 44 heavy (non-hydrogen) atoms. The first-order valence-corrected chi connectivity index (χ1v) is 16.4. The second-order valence-corrected chi connectivity index (χ2v) is 13.3. The number of carbonyl (C=O) groups is 1. The number of benzene rings is 5. The van der Waals surface area contributed by atoms with Crippen LogP contribution in [0.1, 0.15) is 5.56 Å². The summed E-state index contributed by atoms with van der Waals surface area (Å²) in [5.74, 6) is 0.495. The van der Waals surface area contributed by atoms with Crippen LogP contribution in [0.15, 0.2) is 143 Å². The molecule has 0 atom stereocenters. The number of sulfonamides is 2. The van der Waals surface area contributed by atoms with Gasteiger partial charge in [0.05, 0.1) is 15.5 Å². The van der Waals surface area contributed by atoms with Crippen molar-refractivity contribution < 1.29 is 26.4 Å². The largest absolute Gasteiger partial charge is 0.457 e. The molecule has 0 spiro atoms. The van der Waals surface area contributed by atoms with Crippen molar-refractivity contribution in [3.63, 3.8) is 0 Å². The van der Waals surface area contributed by atoms with Crippen LogP contribution in [-0.4, -0.2) is 29.3 Å². The maximum Gasteiger partial charge on any atom is 0.264 e. The molecule has 224 valence electrons. The van der Waals surface area contributed by atoms with E-state index in [0.717, 1.165) is 9.87 Å². The van der Waals surface area contributed by atoms with Crippen molar-refractivity contribution in [2.75, 3.05) is 20.9 Å². The first-order chi connectivity index (χ1) is 21.1. The van der Waals surface area contributed by atoms with Gasteiger partial charge in [0.15, 0.2) is 0 Å². The number of nitrogens with one attached hydrogen (secondary N) is 2. The van der Waals surface area contributed by atoms with Gasteiger partial charge in [-0.2, -0.15) is 0 Å². The Bertz CT molecular complexity index is 1950. The third kappa shape index (κ3) is 7.44. The molecule has 0 heterocycles. The van der Waals surface area contributed by atoms with Crippen molar-refractivity contribution >= 4 is 43.0 Å². The lowest BCUT2D eigenvalue weighted by Gasteiger charge is -2.24. The number of para-hydroxylation sites is 1. The molecule has 0 bridgehead atoms. The summed E-state index contributed by atoms with van der Waals surface area (Å²) in [4.78, 5) is 13.2. The third-order valence-corrected chi connectivity index (χ3v) is 9.63. The zero-order valence-corrected chi connectivity index (χ0v) is 25.3. The molecule has 9 nitrogen and oxygen atoms in total. The predicted octanol–water partition coefficient (Wildman–Crippen LogP) is 6.42. The Balaban J connectivity index is 1.33. The molecule has 0 saturated heterocycles. The zero-order chi connectivity index (χ0) is 31.2. The maximum absolute atomic E-state index is 13.7. The Kier molecular flexibility index (Phi) is 8.98. The molecule has 0 radical (unpaired) electrons. The number of amides is 1. The summed E-state index contributed by atoms with van der Waals surface area (Å²) in [5, 5.41) is 2.66. The Hall–Kier alpha value is -5.13. The fourth-order valence-corrected chi connectivity index (χ4v) is 6.80. The molecule has 0 saturated carbocycles. The van der Waals surface area contributed by atoms with Crippen LogP contribution in [0.4, 0.5) is 17.1 Å². The van der Waals surface area contributed by atoms with Crippen molar-refractivity contribution in [1.82, 2.24) is 0 Å². The lowest BCUT2D eigenvalue weighted by atomic mass is 10.2. The molecule has 11 heteroatoms. The molecule has 1 amide bonds. The number of ether oxygens (including phenoxy) is 1. The van der Waals surface area contributed by atoms with Crippen molar-refractivity contribution in [2.24, 2.45) is 0 Å². The highest BCUT2D eigenvalue weighted by atomic mass is 32.2. The molecule has 0 unspecified atom stereocenters. The SMILES string of the molecule is Cc1cccc(NS(=O)(=O)c2ccc(NC(=O)CN(c3ccc(Oc4ccccc4)cc3)S(=O)(=O)c3ccccc3)cc2)c1. The lowest BCUT2D eigenvalue weighted by molar-refractivity contribution is -0.114. The van der Waals surface area contributed by atoms with Crippen LogP contribution in [0.5, 0.6) is 11.5 Å². The van der Waals surface area contributed by atoms with Crippen LogP contribution in [0, 0.1) is 6.92 Å². The van der Waals surface area contributed by atoms with Crippen molar-refractivity contribution in [3.8, 4) is 11.5 Å². The molecule has 5 rings (SSSR count). The summed E-state index contributed by atoms with van der Waals surface area (Å²) in [6, 6.07) is 35.9. The van der Waals surface area contributed by atoms with Crippen LogP contribution < -0.4 is 19.1 Å². The standard InChI is InChI=1S/C33H29N3O6S2/c1-25-9-8-10-27(23-25)35-43(38,39)31-21-15-26(16-22-31)34-33(37)24-36(44(40,41)32-13-6-3-7-14-32)28-17-19-30(20-18-28)42-29-11-4-2-5-12-29/h2-23,35H,24H2,1H3,(H,34,37). The van der Waals surface area contributed by atoms with E-state index in [4.69, 9.17) is 4.74 Å². The van der Waals surface area contributed by atoms with E-state index in [1.807, 2.05) is 31.2 Å². The number of aryl methyl sites for hydroxylation is 1. The van der Waals surface area contributed by atoms with Gasteiger partial charge in [0.25, 0.3) is 20.0 Å². The molecule has 0 aliphatic rings. The monoisotopic (exact) mass is 627 g/mol. The highest BCUT2D eigenvalue weighted by Gasteiger charge is 2.27. The molecular formula is C33H29N3O6S2. The summed E-state index contributed by atoms with van der Waals surface area (Å²) in [5.41, 5.74) is 1.89. The maximum atomic E-state index is 13.7. The Morgan fingerprint density at radius 3 is 1.91 bits per heavy atom. The molecule has 5 aromatic carbocycles. The minimum absolute atomic E-state index is 0.00287. The molecule has 0 aliphatic carbocycles. The fraction of sp³-hybridized carbons (Fsp3) is 0.0606. The first-order valence-electron chi connectivity index (χ1n) is 13.5. The van der Waals surface area contributed by atoms with Gasteiger partial charge in [0.2, 0.25) is 5.91 Å². The van der Waals surface area contributed by atoms with E-state index >= 15 is 0 Å². The van der Waals surface area contributed by atoms with Gasteiger partial charge in [0.1, 0.15) is 18.0 Å². The molecule has 0 aromatic heterocycles. The normalized spacial score (nSPS) is 11.4. The minimum Gasteiger partial charge on any atom is -0.457 e. The van der Waals surface area contributed by atoms with Crippen LogP contribution in [0.2, 0.25) is 0 Å². The first kappa shape index (κ1) is 30.3. The van der Waals surface area contributed by atoms with Crippen LogP contribution in [-0.2, 0) is 24.8 Å². The number of nitrogens with zero attached hydrogens (tertiary/aromatic N) is 1. The number of carbonyl (C=O) groups excluding carboxylic acids is 1. The highest BCUT2D eigenvalue weighted by molar-refractivity contribution is 7.93. The number of hydrogen-bond donors (Lipinski definition) is 2. The average Bonchev–Trinajstić information content (AvgIpc) is 3.01. The molecule has 0 fully saturated rings. The molecule has 5 aromatic rings. The van der Waals surface area contributed by atoms with E-state index < -0.39 is 32.5 Å². The average molecular weight is 628 g/mol. The van der Waals surface area contributed by atoms with Gasteiger partial charge in [-0.15, -0.1) is 0 Å². The fourth-order valence-electron chi connectivity index (χ4n) is 4.31. The second kappa shape index (κ2) is 13.0. The Labute approximate surface area is 256 Å². The quantitative estimate of drug-likeness (QED) is 0.174. The van der Waals surface area contributed by atoms with Gasteiger partial charge in [-0.25, -0.2) is 16.8 Å². The topological polar surface area (TPSA) is 122 Å². The van der Waals surface area contributed by atoms with Gasteiger partial charge in [-0.3, -0.25) is 13.8 Å². The van der Waals surface area contributed by atoms with E-state index in [0.29, 0.717) is 22.9 Å². The van der Waals surface area contributed by atoms with Crippen LogP contribution in [0.25, 0.3) is 0 Å². The van der Waals surface area contributed by atoms with Gasteiger partial charge in [-0.05, 0) is 97.4 Å². The van der Waals surface area contributed by atoms with E-state index in [9.17, 15) is 21.6 Å². The molecule has 2 N–H and O–H groups in total. The second-order valence-electron chi connectivity index (χ2n) is 9.78. The van der Waals surface area contributed by atoms with E-state index in [2.05, 4.69) is 10.0 Å². The predicted molar refractivity (Wildman–Crippen MR) is 171 cm³/mol. The van der Waals surface area contributed by atoms with E-state index in [1.165, 1.54) is 36.4 Å². The Morgan fingerprint density at radius 1 is 0.659 bits per heavy atom. The summed E-state index contributed by atoms with van der Waals surface area (Å²) in [6.07, 6.45) is 0. The van der Waals surface area contributed by atoms with Crippen LogP contribution >= 0.6 is 0 Å². The van der Waals surface area contributed by atoms with Crippen molar-refractivity contribution in [1.29, 1.82) is 0 Å². The van der Waals surface area contributed by atoms with E-state index in [1.54, 1.807) is 72.8 Å². The van der Waals surface area contributed by atoms with Crippen molar-refractivity contribution in [2.45, 2.75) is 16.7 Å². The minimum atomic E-state index is -4.13. The smallest absolute Gasteiger partial charge is 0.264 e. The number of hydrogen-bond acceptors (Lipinski definition) is 6. The van der Waals surface area contributed by atoms with E-state index in [-0.39, 0.29) is 15.5 Å². The number of rotatable bonds is 11. The van der Waals surface area contributed by atoms with Gasteiger partial charge in [-0.1, -0.05) is 48.5 Å². The molecular weight excluding hydrogens is 599 g/mol. The van der Waals surface area contributed by atoms with Gasteiger partial charge in [0, 0.05) is 11.4 Å². The summed E-state index contributed by atoms with van der Waals surface area (Å²) in [6.45, 7) is 1.32. The van der Waals surface area contributed by atoms with Gasteiger partial charge < -0.3 is 10.1 Å². The summed E-state index contributed by atoms with van der Waals surface area (Å²) in [7, 11) is -7.99. The number of anilines is 3. The third-order valence-electron chi connectivity index (χ3n) is 6.44. The summed E-state index contributed by atoms with van der Waals surface area (Å²) < 4.78 is 62.4. The lowest BCUT2D eigenvalue weighted by Crippen LogP contribution is -2.38. The van der Waals surface area contributed by atoms with Crippen molar-refractivity contribution in [3.05, 3.63) is 139 Å². The Morgan fingerprint density at radius 2 is 1.27 bits per heavy atom. The highest BCUT2D eigenvalue weighted by Crippen LogP contribution is 2.28. The van der Waals surface area contributed by atoms with Crippen LogP contribution in [0.3, 0.4) is 0 Å².